The van der Waals surface area contributed by atoms with Crippen molar-refractivity contribution in [3.63, 3.8) is 0 Å². The molecule has 1 saturated heterocycles. The maximum atomic E-state index is 11.7. The predicted molar refractivity (Wildman–Crippen MR) is 116 cm³/mol. The summed E-state index contributed by atoms with van der Waals surface area (Å²) in [6, 6.07) is 9.90. The van der Waals surface area contributed by atoms with E-state index in [2.05, 4.69) is 15.3 Å². The van der Waals surface area contributed by atoms with Crippen LogP contribution in [-0.4, -0.2) is 39.9 Å². The number of furan rings is 1. The van der Waals surface area contributed by atoms with Gasteiger partial charge < -0.3 is 19.4 Å². The minimum absolute atomic E-state index is 0.133. The average molecular weight is 422 g/mol. The van der Waals surface area contributed by atoms with Gasteiger partial charge in [0.25, 0.3) is 5.19 Å². The van der Waals surface area contributed by atoms with Crippen LogP contribution in [0.5, 0.6) is 10.9 Å². The zero-order valence-electron chi connectivity index (χ0n) is 16.6. The van der Waals surface area contributed by atoms with Gasteiger partial charge in [-0.15, -0.1) is 6.54 Å². The fourth-order valence-corrected chi connectivity index (χ4v) is 4.68. The molecule has 1 atom stereocenters. The topological polar surface area (TPSA) is 82.6 Å². The van der Waals surface area contributed by atoms with Crippen LogP contribution in [0.25, 0.3) is 26.5 Å². The van der Waals surface area contributed by atoms with Crippen LogP contribution in [0, 0.1) is 0 Å². The molecule has 5 rings (SSSR count). The maximum absolute atomic E-state index is 11.7. The van der Waals surface area contributed by atoms with Gasteiger partial charge in [0.15, 0.2) is 0 Å². The van der Waals surface area contributed by atoms with Crippen LogP contribution in [0.3, 0.4) is 0 Å². The molecule has 1 unspecified atom stereocenters. The van der Waals surface area contributed by atoms with E-state index in [1.54, 1.807) is 19.3 Å². The van der Waals surface area contributed by atoms with E-state index >= 15 is 0 Å². The van der Waals surface area contributed by atoms with Gasteiger partial charge in [0.2, 0.25) is 5.91 Å². The molecule has 0 bridgehead atoms. The molecular formula is C22H21N4O3S-. The van der Waals surface area contributed by atoms with Gasteiger partial charge in [0, 0.05) is 37.2 Å². The molecule has 0 aliphatic carbocycles. The summed E-state index contributed by atoms with van der Waals surface area (Å²) in [7, 11) is 0. The van der Waals surface area contributed by atoms with E-state index in [9.17, 15) is 4.79 Å². The second-order valence-corrected chi connectivity index (χ2v) is 8.40. The summed E-state index contributed by atoms with van der Waals surface area (Å²) >= 11 is 1.48. The first kappa shape index (κ1) is 19.0. The molecule has 1 aliphatic rings. The number of amides is 1. The van der Waals surface area contributed by atoms with Crippen molar-refractivity contribution in [2.75, 3.05) is 13.1 Å². The van der Waals surface area contributed by atoms with Gasteiger partial charge in [0.1, 0.15) is 16.8 Å². The molecule has 154 valence electrons. The standard InChI is InChI=1S/C22H21N4O3S/c1-14(27)26-8-2-3-16(26)11-24-12-18-9-15-4-5-17(10-20(15)28-18)29-22-25-19-13-23-7-6-21(19)30-22/h4-7,9-10,13,16H,2-3,8,11-12H2,1H3/q-1. The first-order valence-electron chi connectivity index (χ1n) is 9.97. The number of likely N-dealkylation sites (tertiary alicyclic amines) is 1. The Morgan fingerprint density at radius 1 is 1.37 bits per heavy atom. The zero-order chi connectivity index (χ0) is 20.5. The van der Waals surface area contributed by atoms with Crippen LogP contribution in [0.15, 0.2) is 47.1 Å². The lowest BCUT2D eigenvalue weighted by atomic mass is 10.2. The summed E-state index contributed by atoms with van der Waals surface area (Å²) in [5, 5.41) is 6.21. The number of pyridine rings is 1. The Hall–Kier alpha value is -2.97. The van der Waals surface area contributed by atoms with Crippen LogP contribution >= 0.6 is 11.3 Å². The first-order valence-corrected chi connectivity index (χ1v) is 10.8. The molecule has 0 N–H and O–H groups in total. The Bertz CT molecular complexity index is 1170. The Balaban J connectivity index is 1.24. The number of benzene rings is 1. The summed E-state index contributed by atoms with van der Waals surface area (Å²) in [6.45, 7) is 3.62. The molecule has 1 amide bonds. The largest absolute Gasteiger partial charge is 0.654 e. The van der Waals surface area contributed by atoms with Crippen LogP contribution in [0.2, 0.25) is 0 Å². The van der Waals surface area contributed by atoms with Crippen LogP contribution in [-0.2, 0) is 11.3 Å². The second-order valence-electron chi connectivity index (χ2n) is 7.41. The number of rotatable bonds is 6. The number of hydrogen-bond acceptors (Lipinski definition) is 6. The van der Waals surface area contributed by atoms with Crippen LogP contribution in [0.1, 0.15) is 25.5 Å². The van der Waals surface area contributed by atoms with E-state index < -0.39 is 0 Å². The Kier molecular flexibility index (Phi) is 5.10. The Labute approximate surface area is 177 Å². The molecule has 3 aromatic heterocycles. The third kappa shape index (κ3) is 3.88. The third-order valence-corrected chi connectivity index (χ3v) is 6.22. The van der Waals surface area contributed by atoms with E-state index in [0.717, 1.165) is 46.3 Å². The third-order valence-electron chi connectivity index (χ3n) is 5.31. The SMILES string of the molecule is CC(=O)N1CCCC1C[N-]Cc1cc2ccc(Oc3nc4cnccc4s3)cc2o1. The van der Waals surface area contributed by atoms with Gasteiger partial charge in [0.05, 0.1) is 16.7 Å². The molecule has 1 aliphatic heterocycles. The van der Waals surface area contributed by atoms with Gasteiger partial charge in [-0.3, -0.25) is 9.78 Å². The quantitative estimate of drug-likeness (QED) is 0.432. The van der Waals surface area contributed by atoms with Gasteiger partial charge in [-0.2, -0.15) is 0 Å². The van der Waals surface area contributed by atoms with Crippen molar-refractivity contribution in [3.05, 3.63) is 53.8 Å². The van der Waals surface area contributed by atoms with E-state index in [1.165, 1.54) is 11.3 Å². The summed E-state index contributed by atoms with van der Waals surface area (Å²) in [5.74, 6) is 1.62. The lowest BCUT2D eigenvalue weighted by Gasteiger charge is -2.29. The summed E-state index contributed by atoms with van der Waals surface area (Å²) < 4.78 is 12.9. The number of carbonyl (C=O) groups excluding carboxylic acids is 1. The van der Waals surface area contributed by atoms with Crippen molar-refractivity contribution in [2.24, 2.45) is 0 Å². The number of hydrogen-bond donors (Lipinski definition) is 0. The number of fused-ring (bicyclic) bond motifs is 2. The van der Waals surface area contributed by atoms with E-state index in [1.807, 2.05) is 35.2 Å². The highest BCUT2D eigenvalue weighted by Gasteiger charge is 2.23. The molecule has 30 heavy (non-hydrogen) atoms. The van der Waals surface area contributed by atoms with Gasteiger partial charge in [-0.25, -0.2) is 4.98 Å². The van der Waals surface area contributed by atoms with E-state index in [0.29, 0.717) is 24.0 Å². The van der Waals surface area contributed by atoms with Crippen molar-refractivity contribution in [2.45, 2.75) is 32.4 Å². The van der Waals surface area contributed by atoms with Gasteiger partial charge >= 0.3 is 0 Å². The highest BCUT2D eigenvalue weighted by atomic mass is 32.1. The highest BCUT2D eigenvalue weighted by molar-refractivity contribution is 7.20. The number of carbonyl (C=O) groups is 1. The smallest absolute Gasteiger partial charge is 0.279 e. The number of aromatic nitrogens is 2. The molecule has 4 heterocycles. The number of ether oxygens (including phenoxy) is 1. The first-order chi connectivity index (χ1) is 14.7. The summed E-state index contributed by atoms with van der Waals surface area (Å²) in [6.07, 6.45) is 5.55. The van der Waals surface area contributed by atoms with Crippen molar-refractivity contribution < 1.29 is 13.9 Å². The normalized spacial score (nSPS) is 16.6. The lowest BCUT2D eigenvalue weighted by molar-refractivity contribution is -0.129. The number of nitrogens with zero attached hydrogens (tertiary/aromatic N) is 4. The molecular weight excluding hydrogens is 400 g/mol. The molecule has 4 aromatic rings. The van der Waals surface area contributed by atoms with Gasteiger partial charge in [-0.1, -0.05) is 17.9 Å². The van der Waals surface area contributed by atoms with E-state index in [-0.39, 0.29) is 11.9 Å². The maximum Gasteiger partial charge on any atom is 0.279 e. The van der Waals surface area contributed by atoms with Crippen LogP contribution in [0.4, 0.5) is 0 Å². The van der Waals surface area contributed by atoms with Gasteiger partial charge in [-0.05, 0) is 37.1 Å². The Morgan fingerprint density at radius 2 is 2.30 bits per heavy atom. The Morgan fingerprint density at radius 3 is 3.17 bits per heavy atom. The molecule has 0 saturated carbocycles. The minimum Gasteiger partial charge on any atom is -0.654 e. The molecule has 8 heteroatoms. The average Bonchev–Trinajstić information content (AvgIpc) is 3.44. The second kappa shape index (κ2) is 8.04. The minimum atomic E-state index is 0.133. The van der Waals surface area contributed by atoms with Crippen molar-refractivity contribution in [3.8, 4) is 10.9 Å². The molecule has 1 fully saturated rings. The summed E-state index contributed by atoms with van der Waals surface area (Å²) in [5.41, 5.74) is 1.58. The van der Waals surface area contributed by atoms with Crippen molar-refractivity contribution in [1.82, 2.24) is 14.9 Å². The van der Waals surface area contributed by atoms with Crippen molar-refractivity contribution >= 4 is 38.4 Å². The predicted octanol–water partition coefficient (Wildman–Crippen LogP) is 5.11. The monoisotopic (exact) mass is 421 g/mol. The number of thiazole rings is 1. The molecule has 7 nitrogen and oxygen atoms in total. The summed E-state index contributed by atoms with van der Waals surface area (Å²) in [4.78, 5) is 22.1. The lowest BCUT2D eigenvalue weighted by Crippen LogP contribution is -2.35. The van der Waals surface area contributed by atoms with Crippen LogP contribution < -0.4 is 4.74 Å². The molecule has 0 radical (unpaired) electrons. The van der Waals surface area contributed by atoms with Crippen molar-refractivity contribution in [1.29, 1.82) is 0 Å². The molecule has 1 aromatic carbocycles. The fraction of sp³-hybridized carbons (Fsp3) is 0.318. The highest BCUT2D eigenvalue weighted by Crippen LogP contribution is 2.33. The van der Waals surface area contributed by atoms with E-state index in [4.69, 9.17) is 9.15 Å². The molecule has 0 spiro atoms. The zero-order valence-corrected chi connectivity index (χ0v) is 17.4. The fourth-order valence-electron chi connectivity index (χ4n) is 3.88.